The lowest BCUT2D eigenvalue weighted by Gasteiger charge is -2.36. The second-order valence-electron chi connectivity index (χ2n) is 6.29. The van der Waals surface area contributed by atoms with Crippen LogP contribution in [-0.2, 0) is 9.53 Å². The summed E-state index contributed by atoms with van der Waals surface area (Å²) in [5.74, 6) is 0.791. The van der Waals surface area contributed by atoms with E-state index < -0.39 is 0 Å². The minimum atomic E-state index is -0.0146. The Morgan fingerprint density at radius 2 is 1.72 bits per heavy atom. The van der Waals surface area contributed by atoms with Crippen LogP contribution < -0.4 is 4.74 Å². The first-order valence-corrected chi connectivity index (χ1v) is 8.68. The number of piperazine rings is 1. The first kappa shape index (κ1) is 17.7. The van der Waals surface area contributed by atoms with Gasteiger partial charge >= 0.3 is 0 Å². The van der Waals surface area contributed by atoms with Crippen molar-refractivity contribution in [2.24, 2.45) is 0 Å². The number of amides is 2. The van der Waals surface area contributed by atoms with Gasteiger partial charge in [0.1, 0.15) is 5.75 Å². The van der Waals surface area contributed by atoms with E-state index in [9.17, 15) is 9.59 Å². The van der Waals surface area contributed by atoms with Crippen molar-refractivity contribution < 1.29 is 19.1 Å². The quantitative estimate of drug-likeness (QED) is 0.785. The molecule has 2 aliphatic rings. The Hall–Kier alpha value is -2.12. The lowest BCUT2D eigenvalue weighted by atomic mass is 10.1. The number of nitrogens with zero attached hydrogens (tertiary/aromatic N) is 3. The zero-order valence-electron chi connectivity index (χ0n) is 14.6. The third-order valence-electron chi connectivity index (χ3n) is 4.70. The Morgan fingerprint density at radius 1 is 1.04 bits per heavy atom. The molecule has 0 atom stereocenters. The van der Waals surface area contributed by atoms with Gasteiger partial charge in [-0.25, -0.2) is 0 Å². The standard InChI is InChI=1S/C18H25N3O4/c1-24-16-4-2-3-15(13-16)18(23)21-7-5-20(6-8-21)17(22)14-19-9-11-25-12-10-19/h2-4,13H,5-12,14H2,1H3. The van der Waals surface area contributed by atoms with Crippen molar-refractivity contribution in [3.63, 3.8) is 0 Å². The minimum Gasteiger partial charge on any atom is -0.497 e. The third-order valence-corrected chi connectivity index (χ3v) is 4.70. The van der Waals surface area contributed by atoms with Crippen LogP contribution in [0, 0.1) is 0 Å². The Balaban J connectivity index is 1.50. The SMILES string of the molecule is COc1cccc(C(=O)N2CCN(C(=O)CN3CCOCC3)CC2)c1. The van der Waals surface area contributed by atoms with Crippen molar-refractivity contribution in [1.29, 1.82) is 0 Å². The number of ether oxygens (including phenoxy) is 2. The maximum Gasteiger partial charge on any atom is 0.254 e. The predicted octanol–water partition coefficient (Wildman–Crippen LogP) is 0.312. The minimum absolute atomic E-state index is 0.0146. The topological polar surface area (TPSA) is 62.3 Å². The van der Waals surface area contributed by atoms with Crippen LogP contribution in [0.4, 0.5) is 0 Å². The van der Waals surface area contributed by atoms with Crippen molar-refractivity contribution in [3.05, 3.63) is 29.8 Å². The first-order valence-electron chi connectivity index (χ1n) is 8.68. The van der Waals surface area contributed by atoms with Crippen molar-refractivity contribution in [2.45, 2.75) is 0 Å². The molecule has 0 aromatic heterocycles. The molecule has 2 amide bonds. The predicted molar refractivity (Wildman–Crippen MR) is 92.7 cm³/mol. The largest absolute Gasteiger partial charge is 0.497 e. The molecule has 7 nitrogen and oxygen atoms in total. The fraction of sp³-hybridized carbons (Fsp3) is 0.556. The molecule has 0 unspecified atom stereocenters. The third kappa shape index (κ3) is 4.49. The molecule has 7 heteroatoms. The molecule has 25 heavy (non-hydrogen) atoms. The Kier molecular flexibility index (Phi) is 5.88. The molecule has 0 bridgehead atoms. The average Bonchev–Trinajstić information content (AvgIpc) is 2.68. The Bertz CT molecular complexity index is 608. The Morgan fingerprint density at radius 3 is 2.40 bits per heavy atom. The highest BCUT2D eigenvalue weighted by molar-refractivity contribution is 5.94. The summed E-state index contributed by atoms with van der Waals surface area (Å²) in [7, 11) is 1.59. The molecule has 3 rings (SSSR count). The molecule has 2 aliphatic heterocycles. The summed E-state index contributed by atoms with van der Waals surface area (Å²) in [5.41, 5.74) is 0.618. The zero-order valence-corrected chi connectivity index (χ0v) is 14.6. The molecular weight excluding hydrogens is 322 g/mol. The lowest BCUT2D eigenvalue weighted by molar-refractivity contribution is -0.134. The molecule has 0 radical (unpaired) electrons. The van der Waals surface area contributed by atoms with E-state index in [4.69, 9.17) is 9.47 Å². The number of methoxy groups -OCH3 is 1. The Labute approximate surface area is 148 Å². The number of rotatable bonds is 4. The number of carbonyl (C=O) groups is 2. The van der Waals surface area contributed by atoms with Gasteiger partial charge in [-0.05, 0) is 18.2 Å². The van der Waals surface area contributed by atoms with Crippen molar-refractivity contribution >= 4 is 11.8 Å². The van der Waals surface area contributed by atoms with Gasteiger partial charge < -0.3 is 19.3 Å². The van der Waals surface area contributed by atoms with Crippen LogP contribution in [0.2, 0.25) is 0 Å². The molecular formula is C18H25N3O4. The van der Waals surface area contributed by atoms with Crippen LogP contribution in [0.25, 0.3) is 0 Å². The van der Waals surface area contributed by atoms with Gasteiger partial charge in [0.25, 0.3) is 5.91 Å². The van der Waals surface area contributed by atoms with E-state index in [0.29, 0.717) is 57.3 Å². The van der Waals surface area contributed by atoms with E-state index in [0.717, 1.165) is 13.1 Å². The van der Waals surface area contributed by atoms with Gasteiger partial charge in [0, 0.05) is 44.8 Å². The van der Waals surface area contributed by atoms with Crippen LogP contribution >= 0.6 is 0 Å². The van der Waals surface area contributed by atoms with Gasteiger partial charge in [0.2, 0.25) is 5.91 Å². The highest BCUT2D eigenvalue weighted by atomic mass is 16.5. The van der Waals surface area contributed by atoms with Gasteiger partial charge in [0.05, 0.1) is 26.9 Å². The molecule has 0 saturated carbocycles. The van der Waals surface area contributed by atoms with E-state index in [1.54, 1.807) is 24.1 Å². The van der Waals surface area contributed by atoms with E-state index >= 15 is 0 Å². The molecule has 2 fully saturated rings. The average molecular weight is 347 g/mol. The van der Waals surface area contributed by atoms with Crippen molar-refractivity contribution in [3.8, 4) is 5.75 Å². The maximum atomic E-state index is 12.6. The van der Waals surface area contributed by atoms with Crippen molar-refractivity contribution in [1.82, 2.24) is 14.7 Å². The summed E-state index contributed by atoms with van der Waals surface area (Å²) >= 11 is 0. The van der Waals surface area contributed by atoms with Crippen LogP contribution in [0.3, 0.4) is 0 Å². The van der Waals surface area contributed by atoms with Gasteiger partial charge in [-0.1, -0.05) is 6.07 Å². The van der Waals surface area contributed by atoms with E-state index in [1.807, 2.05) is 17.0 Å². The highest BCUT2D eigenvalue weighted by Crippen LogP contribution is 2.15. The summed E-state index contributed by atoms with van der Waals surface area (Å²) in [4.78, 5) is 30.8. The van der Waals surface area contributed by atoms with Crippen LogP contribution in [-0.4, -0.2) is 92.7 Å². The van der Waals surface area contributed by atoms with Crippen LogP contribution in [0.1, 0.15) is 10.4 Å². The molecule has 2 heterocycles. The molecule has 1 aromatic rings. The normalized spacial score (nSPS) is 18.9. The molecule has 0 N–H and O–H groups in total. The molecule has 0 aliphatic carbocycles. The van der Waals surface area contributed by atoms with Crippen LogP contribution in [0.5, 0.6) is 5.75 Å². The van der Waals surface area contributed by atoms with E-state index in [2.05, 4.69) is 4.90 Å². The highest BCUT2D eigenvalue weighted by Gasteiger charge is 2.26. The fourth-order valence-electron chi connectivity index (χ4n) is 3.15. The second-order valence-corrected chi connectivity index (χ2v) is 6.29. The fourth-order valence-corrected chi connectivity index (χ4v) is 3.15. The lowest BCUT2D eigenvalue weighted by Crippen LogP contribution is -2.53. The molecule has 2 saturated heterocycles. The number of carbonyl (C=O) groups excluding carboxylic acids is 2. The smallest absolute Gasteiger partial charge is 0.254 e. The van der Waals surface area contributed by atoms with Crippen LogP contribution in [0.15, 0.2) is 24.3 Å². The number of hydrogen-bond acceptors (Lipinski definition) is 5. The summed E-state index contributed by atoms with van der Waals surface area (Å²) in [6, 6.07) is 7.17. The van der Waals surface area contributed by atoms with E-state index in [1.165, 1.54) is 0 Å². The monoisotopic (exact) mass is 347 g/mol. The maximum absolute atomic E-state index is 12.6. The number of benzene rings is 1. The van der Waals surface area contributed by atoms with E-state index in [-0.39, 0.29) is 11.8 Å². The zero-order chi connectivity index (χ0) is 17.6. The molecule has 0 spiro atoms. The van der Waals surface area contributed by atoms with Gasteiger partial charge in [0.15, 0.2) is 0 Å². The molecule has 136 valence electrons. The van der Waals surface area contributed by atoms with Gasteiger partial charge in [-0.2, -0.15) is 0 Å². The number of morpholine rings is 1. The summed E-state index contributed by atoms with van der Waals surface area (Å²) < 4.78 is 10.5. The van der Waals surface area contributed by atoms with Crippen molar-refractivity contribution in [2.75, 3.05) is 66.1 Å². The second kappa shape index (κ2) is 8.31. The summed E-state index contributed by atoms with van der Waals surface area (Å²) in [6.07, 6.45) is 0. The first-order chi connectivity index (χ1) is 12.2. The summed E-state index contributed by atoms with van der Waals surface area (Å²) in [6.45, 7) is 5.72. The van der Waals surface area contributed by atoms with Gasteiger partial charge in [-0.3, -0.25) is 14.5 Å². The summed E-state index contributed by atoms with van der Waals surface area (Å²) in [5, 5.41) is 0. The number of hydrogen-bond donors (Lipinski definition) is 0. The van der Waals surface area contributed by atoms with Gasteiger partial charge in [-0.15, -0.1) is 0 Å². The molecule has 1 aromatic carbocycles.